The minimum absolute atomic E-state index is 0.00466. The highest BCUT2D eigenvalue weighted by atomic mass is 19.3. The first-order chi connectivity index (χ1) is 18.1. The second-order valence-electron chi connectivity index (χ2n) is 10.1. The van der Waals surface area contributed by atoms with Crippen LogP contribution in [0.4, 0.5) is 29.5 Å². The molecule has 11 heteroatoms. The monoisotopic (exact) mass is 528 g/mol. The zero-order valence-corrected chi connectivity index (χ0v) is 21.7. The number of aryl methyl sites for hydroxylation is 2. The summed E-state index contributed by atoms with van der Waals surface area (Å²) in [5, 5.41) is 6.87. The van der Waals surface area contributed by atoms with E-state index in [1.165, 1.54) is 11.0 Å². The number of nitrogens with one attached hydrogen (secondary N) is 1. The van der Waals surface area contributed by atoms with Crippen LogP contribution in [-0.4, -0.2) is 71.0 Å². The van der Waals surface area contributed by atoms with E-state index in [0.717, 1.165) is 35.1 Å². The molecule has 2 fully saturated rings. The van der Waals surface area contributed by atoms with Gasteiger partial charge in [-0.2, -0.15) is 5.10 Å². The first kappa shape index (κ1) is 26.0. The fourth-order valence-corrected chi connectivity index (χ4v) is 4.96. The number of benzene rings is 1. The number of hydrogen-bond acceptors (Lipinski definition) is 5. The van der Waals surface area contributed by atoms with Gasteiger partial charge in [-0.15, -0.1) is 0 Å². The number of amides is 2. The average molecular weight is 529 g/mol. The zero-order valence-electron chi connectivity index (χ0n) is 21.7. The molecule has 2 amide bonds. The molecule has 0 aliphatic carbocycles. The topological polar surface area (TPSA) is 75.5 Å². The minimum atomic E-state index is -2.87. The van der Waals surface area contributed by atoms with Crippen molar-refractivity contribution in [1.82, 2.24) is 19.7 Å². The quantitative estimate of drug-likeness (QED) is 0.508. The molecular formula is C27H31F3N6O2. The molecule has 5 rings (SSSR count). The first-order valence-corrected chi connectivity index (χ1v) is 12.7. The normalized spacial score (nSPS) is 18.2. The molecule has 38 heavy (non-hydrogen) atoms. The third kappa shape index (κ3) is 5.47. The molecule has 1 aromatic carbocycles. The van der Waals surface area contributed by atoms with Crippen LogP contribution in [0.5, 0.6) is 0 Å². The maximum Gasteiger partial charge on any atom is 0.321 e. The van der Waals surface area contributed by atoms with Gasteiger partial charge in [0.1, 0.15) is 11.6 Å². The number of pyridine rings is 1. The largest absolute Gasteiger partial charge is 0.378 e. The molecule has 2 aromatic heterocycles. The van der Waals surface area contributed by atoms with Gasteiger partial charge in [-0.3, -0.25) is 4.68 Å². The van der Waals surface area contributed by atoms with E-state index < -0.39 is 23.7 Å². The van der Waals surface area contributed by atoms with Gasteiger partial charge >= 0.3 is 6.03 Å². The number of anilines is 2. The van der Waals surface area contributed by atoms with Crippen molar-refractivity contribution in [3.63, 3.8) is 0 Å². The summed E-state index contributed by atoms with van der Waals surface area (Å²) in [6.45, 7) is 5.38. The van der Waals surface area contributed by atoms with Gasteiger partial charge in [0, 0.05) is 50.9 Å². The van der Waals surface area contributed by atoms with Crippen LogP contribution < -0.4 is 10.2 Å². The molecule has 1 atom stereocenters. The molecule has 8 nitrogen and oxygen atoms in total. The zero-order chi connectivity index (χ0) is 27.0. The maximum absolute atomic E-state index is 15.0. The SMILES string of the molecule is Cc1cc(F)c(NC(=O)N2CCC(C(C)(F)F)C2)cc1-c1cc(-c2cnn(C)c2)nc(N2CCOCC2)c1. The van der Waals surface area contributed by atoms with E-state index in [4.69, 9.17) is 9.72 Å². The van der Waals surface area contributed by atoms with E-state index in [0.29, 0.717) is 31.9 Å². The Morgan fingerprint density at radius 1 is 1.13 bits per heavy atom. The van der Waals surface area contributed by atoms with Gasteiger partial charge in [0.05, 0.1) is 30.8 Å². The Bertz CT molecular complexity index is 1330. The smallest absolute Gasteiger partial charge is 0.321 e. The summed E-state index contributed by atoms with van der Waals surface area (Å²) in [6, 6.07) is 6.24. The number of nitrogens with zero attached hydrogens (tertiary/aromatic N) is 5. The van der Waals surface area contributed by atoms with Crippen molar-refractivity contribution >= 4 is 17.5 Å². The van der Waals surface area contributed by atoms with Crippen LogP contribution in [0.3, 0.4) is 0 Å². The van der Waals surface area contributed by atoms with E-state index in [2.05, 4.69) is 15.3 Å². The summed E-state index contributed by atoms with van der Waals surface area (Å²) in [5.41, 5.74) is 3.77. The lowest BCUT2D eigenvalue weighted by Gasteiger charge is -2.28. The summed E-state index contributed by atoms with van der Waals surface area (Å²) in [4.78, 5) is 21.2. The van der Waals surface area contributed by atoms with E-state index in [1.807, 2.05) is 25.4 Å². The van der Waals surface area contributed by atoms with Crippen LogP contribution in [0, 0.1) is 18.7 Å². The van der Waals surface area contributed by atoms with Crippen LogP contribution in [0.25, 0.3) is 22.4 Å². The standard InChI is InChI=1S/C27H31F3N6O2/c1-17-10-22(28)24(33-26(37)36-5-4-20(16-36)27(2,29)30)13-21(17)18-11-23(19-14-31-34(3)15-19)32-25(12-18)35-6-8-38-9-7-35/h10-15,20H,4-9,16H2,1-3H3,(H,33,37). The minimum Gasteiger partial charge on any atom is -0.378 e. The Kier molecular flexibility index (Phi) is 7.04. The summed E-state index contributed by atoms with van der Waals surface area (Å²) in [7, 11) is 1.83. The van der Waals surface area contributed by atoms with Gasteiger partial charge < -0.3 is 19.9 Å². The van der Waals surface area contributed by atoms with Crippen LogP contribution >= 0.6 is 0 Å². The fraction of sp³-hybridized carbons (Fsp3) is 0.444. The van der Waals surface area contributed by atoms with Crippen molar-refractivity contribution in [2.75, 3.05) is 49.6 Å². The molecule has 0 spiro atoms. The Labute approximate surface area is 219 Å². The number of hydrogen-bond donors (Lipinski definition) is 1. The molecule has 4 heterocycles. The molecule has 0 saturated carbocycles. The van der Waals surface area contributed by atoms with Gasteiger partial charge in [-0.05, 0) is 61.2 Å². The molecule has 0 radical (unpaired) electrons. The highest BCUT2D eigenvalue weighted by molar-refractivity contribution is 5.91. The molecule has 3 aromatic rings. The Morgan fingerprint density at radius 2 is 1.89 bits per heavy atom. The number of halogens is 3. The van der Waals surface area contributed by atoms with Crippen LogP contribution in [0.2, 0.25) is 0 Å². The van der Waals surface area contributed by atoms with Crippen LogP contribution in [-0.2, 0) is 11.8 Å². The van der Waals surface area contributed by atoms with Gasteiger partial charge in [0.15, 0.2) is 0 Å². The highest BCUT2D eigenvalue weighted by Gasteiger charge is 2.40. The van der Waals surface area contributed by atoms with E-state index in [-0.39, 0.29) is 25.2 Å². The fourth-order valence-electron chi connectivity index (χ4n) is 4.96. The summed E-state index contributed by atoms with van der Waals surface area (Å²) in [5.74, 6) is -3.61. The summed E-state index contributed by atoms with van der Waals surface area (Å²) < 4.78 is 49.6. The number of likely N-dealkylation sites (tertiary alicyclic amines) is 1. The van der Waals surface area contributed by atoms with Crippen LogP contribution in [0.1, 0.15) is 18.9 Å². The van der Waals surface area contributed by atoms with Crippen molar-refractivity contribution in [3.8, 4) is 22.4 Å². The molecule has 1 N–H and O–H groups in total. The predicted molar refractivity (Wildman–Crippen MR) is 139 cm³/mol. The number of morpholine rings is 1. The average Bonchev–Trinajstić information content (AvgIpc) is 3.56. The van der Waals surface area contributed by atoms with E-state index >= 15 is 0 Å². The molecular weight excluding hydrogens is 497 g/mol. The predicted octanol–water partition coefficient (Wildman–Crippen LogP) is 4.94. The second kappa shape index (κ2) is 10.3. The number of carbonyl (C=O) groups excluding carboxylic acids is 1. The molecule has 202 valence electrons. The molecule has 2 aliphatic rings. The maximum atomic E-state index is 15.0. The van der Waals surface area contributed by atoms with Gasteiger partial charge in [0.2, 0.25) is 5.92 Å². The van der Waals surface area contributed by atoms with Gasteiger partial charge in [-0.25, -0.2) is 22.9 Å². The lowest BCUT2D eigenvalue weighted by molar-refractivity contribution is -0.0338. The number of aromatic nitrogens is 3. The Morgan fingerprint density at radius 3 is 2.55 bits per heavy atom. The highest BCUT2D eigenvalue weighted by Crippen LogP contribution is 2.35. The van der Waals surface area contributed by atoms with Crippen molar-refractivity contribution < 1.29 is 22.7 Å². The molecule has 2 saturated heterocycles. The van der Waals surface area contributed by atoms with Crippen LogP contribution in [0.15, 0.2) is 36.7 Å². The number of alkyl halides is 2. The molecule has 2 aliphatic heterocycles. The van der Waals surface area contributed by atoms with E-state index in [1.54, 1.807) is 23.9 Å². The Hall–Kier alpha value is -3.60. The number of urea groups is 1. The van der Waals surface area contributed by atoms with Gasteiger partial charge in [0.25, 0.3) is 0 Å². The number of carbonyl (C=O) groups is 1. The van der Waals surface area contributed by atoms with Crippen molar-refractivity contribution in [2.45, 2.75) is 26.2 Å². The van der Waals surface area contributed by atoms with Crippen molar-refractivity contribution in [2.24, 2.45) is 13.0 Å². The van der Waals surface area contributed by atoms with E-state index in [9.17, 15) is 18.0 Å². The number of ether oxygens (including phenoxy) is 1. The second-order valence-corrected chi connectivity index (χ2v) is 10.1. The summed E-state index contributed by atoms with van der Waals surface area (Å²) >= 11 is 0. The Balaban J connectivity index is 1.48. The molecule has 0 bridgehead atoms. The van der Waals surface area contributed by atoms with Crippen molar-refractivity contribution in [1.29, 1.82) is 0 Å². The number of rotatable bonds is 5. The van der Waals surface area contributed by atoms with Crippen molar-refractivity contribution in [3.05, 3.63) is 48.0 Å². The molecule has 1 unspecified atom stereocenters. The lowest BCUT2D eigenvalue weighted by Crippen LogP contribution is -2.36. The summed E-state index contributed by atoms with van der Waals surface area (Å²) in [6.07, 6.45) is 3.82. The lowest BCUT2D eigenvalue weighted by atomic mass is 9.98. The van der Waals surface area contributed by atoms with Gasteiger partial charge in [-0.1, -0.05) is 0 Å². The first-order valence-electron chi connectivity index (χ1n) is 12.7. The third-order valence-corrected chi connectivity index (χ3v) is 7.21. The third-order valence-electron chi connectivity index (χ3n) is 7.21.